The van der Waals surface area contributed by atoms with Gasteiger partial charge in [-0.05, 0) is 48.2 Å². The average molecular weight is 369 g/mol. The Hall–Kier alpha value is -2.56. The fourth-order valence-corrected chi connectivity index (χ4v) is 3.43. The van der Waals surface area contributed by atoms with Crippen LogP contribution in [0, 0.1) is 0 Å². The molecule has 1 fully saturated rings. The molecule has 1 unspecified atom stereocenters. The van der Waals surface area contributed by atoms with Gasteiger partial charge < -0.3 is 14.4 Å². The van der Waals surface area contributed by atoms with Crippen LogP contribution in [-0.2, 0) is 14.3 Å². The number of nitrogens with zero attached hydrogens (tertiary/aromatic N) is 1. The normalized spacial score (nSPS) is 16.1. The average Bonchev–Trinajstić information content (AvgIpc) is 2.90. The highest BCUT2D eigenvalue weighted by Gasteiger charge is 2.20. The van der Waals surface area contributed by atoms with Crippen molar-refractivity contribution in [3.05, 3.63) is 42.0 Å². The van der Waals surface area contributed by atoms with Crippen molar-refractivity contribution < 1.29 is 19.1 Å². The summed E-state index contributed by atoms with van der Waals surface area (Å²) in [6, 6.07) is 11.8. The highest BCUT2D eigenvalue weighted by molar-refractivity contribution is 5.86. The first-order valence-corrected chi connectivity index (χ1v) is 9.60. The molecule has 1 atom stereocenters. The summed E-state index contributed by atoms with van der Waals surface area (Å²) in [5.74, 6) is 0.369. The molecule has 27 heavy (non-hydrogen) atoms. The molecule has 0 spiro atoms. The molecule has 1 aliphatic rings. The SMILES string of the molecule is COc1ccc2cc(C(C)C(=O)OCCN3CCCCCC3=O)ccc2c1. The standard InChI is InChI=1S/C22H27NO4/c1-16(17-7-8-19-15-20(26-2)10-9-18(19)14-17)22(25)27-13-12-23-11-5-3-4-6-21(23)24/h7-10,14-16H,3-6,11-13H2,1-2H3. The van der Waals surface area contributed by atoms with Crippen LogP contribution in [0.15, 0.2) is 36.4 Å². The molecule has 3 rings (SSSR count). The number of hydrogen-bond donors (Lipinski definition) is 0. The zero-order valence-corrected chi connectivity index (χ0v) is 16.1. The van der Waals surface area contributed by atoms with Gasteiger partial charge in [-0.3, -0.25) is 9.59 Å². The Balaban J connectivity index is 1.58. The van der Waals surface area contributed by atoms with Crippen molar-refractivity contribution in [2.45, 2.75) is 38.5 Å². The van der Waals surface area contributed by atoms with Crippen LogP contribution in [0.2, 0.25) is 0 Å². The van der Waals surface area contributed by atoms with E-state index in [1.54, 1.807) is 7.11 Å². The summed E-state index contributed by atoms with van der Waals surface area (Å²) >= 11 is 0. The maximum absolute atomic E-state index is 12.4. The van der Waals surface area contributed by atoms with Crippen molar-refractivity contribution in [3.8, 4) is 5.75 Å². The Kier molecular flexibility index (Phi) is 6.32. The Labute approximate surface area is 160 Å². The summed E-state index contributed by atoms with van der Waals surface area (Å²) in [4.78, 5) is 26.2. The van der Waals surface area contributed by atoms with Gasteiger partial charge >= 0.3 is 5.97 Å². The Morgan fingerprint density at radius 2 is 1.89 bits per heavy atom. The van der Waals surface area contributed by atoms with E-state index < -0.39 is 0 Å². The van der Waals surface area contributed by atoms with E-state index in [1.807, 2.05) is 48.2 Å². The highest BCUT2D eigenvalue weighted by atomic mass is 16.5. The van der Waals surface area contributed by atoms with E-state index in [2.05, 4.69) is 0 Å². The lowest BCUT2D eigenvalue weighted by molar-refractivity contribution is -0.147. The van der Waals surface area contributed by atoms with Crippen LogP contribution in [0.4, 0.5) is 0 Å². The zero-order valence-electron chi connectivity index (χ0n) is 16.1. The van der Waals surface area contributed by atoms with Crippen molar-refractivity contribution in [3.63, 3.8) is 0 Å². The van der Waals surface area contributed by atoms with Crippen molar-refractivity contribution in [2.75, 3.05) is 26.8 Å². The van der Waals surface area contributed by atoms with Crippen LogP contribution >= 0.6 is 0 Å². The lowest BCUT2D eigenvalue weighted by Crippen LogP contribution is -2.34. The highest BCUT2D eigenvalue weighted by Crippen LogP contribution is 2.25. The predicted molar refractivity (Wildman–Crippen MR) is 105 cm³/mol. The second kappa shape index (κ2) is 8.89. The molecule has 0 radical (unpaired) electrons. The number of esters is 1. The van der Waals surface area contributed by atoms with Gasteiger partial charge in [0.2, 0.25) is 5.91 Å². The van der Waals surface area contributed by atoms with Gasteiger partial charge in [0.25, 0.3) is 0 Å². The summed E-state index contributed by atoms with van der Waals surface area (Å²) in [7, 11) is 1.65. The van der Waals surface area contributed by atoms with Gasteiger partial charge in [0.15, 0.2) is 0 Å². The van der Waals surface area contributed by atoms with Crippen LogP contribution < -0.4 is 4.74 Å². The van der Waals surface area contributed by atoms with Crippen molar-refractivity contribution in [2.24, 2.45) is 0 Å². The van der Waals surface area contributed by atoms with Crippen molar-refractivity contribution >= 4 is 22.6 Å². The van der Waals surface area contributed by atoms with E-state index in [0.29, 0.717) is 13.0 Å². The van der Waals surface area contributed by atoms with Crippen LogP contribution in [-0.4, -0.2) is 43.6 Å². The van der Waals surface area contributed by atoms with Gasteiger partial charge in [-0.25, -0.2) is 0 Å². The molecule has 1 aliphatic heterocycles. The molecule has 0 aromatic heterocycles. The van der Waals surface area contributed by atoms with Crippen LogP contribution in [0.1, 0.15) is 44.1 Å². The monoisotopic (exact) mass is 369 g/mol. The molecule has 1 saturated heterocycles. The van der Waals surface area contributed by atoms with E-state index in [1.165, 1.54) is 0 Å². The second-order valence-electron chi connectivity index (χ2n) is 7.05. The summed E-state index contributed by atoms with van der Waals surface area (Å²) in [5, 5.41) is 2.13. The molecule has 2 aromatic rings. The van der Waals surface area contributed by atoms with Gasteiger partial charge in [-0.15, -0.1) is 0 Å². The van der Waals surface area contributed by atoms with E-state index in [4.69, 9.17) is 9.47 Å². The summed E-state index contributed by atoms with van der Waals surface area (Å²) < 4.78 is 10.7. The summed E-state index contributed by atoms with van der Waals surface area (Å²) in [5.41, 5.74) is 0.920. The molecule has 0 aliphatic carbocycles. The first-order chi connectivity index (χ1) is 13.1. The van der Waals surface area contributed by atoms with E-state index in [-0.39, 0.29) is 24.4 Å². The minimum absolute atomic E-state index is 0.168. The number of likely N-dealkylation sites (tertiary alicyclic amines) is 1. The Morgan fingerprint density at radius 1 is 1.11 bits per heavy atom. The van der Waals surface area contributed by atoms with Gasteiger partial charge in [0.1, 0.15) is 12.4 Å². The quantitative estimate of drug-likeness (QED) is 0.725. The van der Waals surface area contributed by atoms with E-state index >= 15 is 0 Å². The molecule has 1 amide bonds. The second-order valence-corrected chi connectivity index (χ2v) is 7.05. The molecule has 5 heteroatoms. The lowest BCUT2D eigenvalue weighted by Gasteiger charge is -2.21. The van der Waals surface area contributed by atoms with Crippen LogP contribution in [0.3, 0.4) is 0 Å². The van der Waals surface area contributed by atoms with Crippen LogP contribution in [0.25, 0.3) is 10.8 Å². The molecule has 0 bridgehead atoms. The minimum Gasteiger partial charge on any atom is -0.497 e. The maximum atomic E-state index is 12.4. The molecule has 0 N–H and O–H groups in total. The number of carbonyl (C=O) groups is 2. The minimum atomic E-state index is -0.351. The largest absolute Gasteiger partial charge is 0.497 e. The number of rotatable bonds is 6. The van der Waals surface area contributed by atoms with E-state index in [9.17, 15) is 9.59 Å². The van der Waals surface area contributed by atoms with Gasteiger partial charge in [-0.2, -0.15) is 0 Å². The Morgan fingerprint density at radius 3 is 2.70 bits per heavy atom. The molecule has 1 heterocycles. The third-order valence-electron chi connectivity index (χ3n) is 5.20. The smallest absolute Gasteiger partial charge is 0.313 e. The van der Waals surface area contributed by atoms with Crippen LogP contribution in [0.5, 0.6) is 5.75 Å². The molecular weight excluding hydrogens is 342 g/mol. The number of fused-ring (bicyclic) bond motifs is 1. The predicted octanol–water partition coefficient (Wildman–Crippen LogP) is 3.90. The number of carbonyl (C=O) groups excluding carboxylic acids is 2. The van der Waals surface area contributed by atoms with Crippen molar-refractivity contribution in [1.82, 2.24) is 4.90 Å². The third kappa shape index (κ3) is 4.79. The molecule has 0 saturated carbocycles. The van der Waals surface area contributed by atoms with Gasteiger partial charge in [0, 0.05) is 13.0 Å². The third-order valence-corrected chi connectivity index (χ3v) is 5.20. The summed E-state index contributed by atoms with van der Waals surface area (Å²) in [6.07, 6.45) is 3.68. The van der Waals surface area contributed by atoms with Gasteiger partial charge in [0.05, 0.1) is 19.6 Å². The zero-order chi connectivity index (χ0) is 19.2. The molecular formula is C22H27NO4. The van der Waals surface area contributed by atoms with Crippen molar-refractivity contribution in [1.29, 1.82) is 0 Å². The topological polar surface area (TPSA) is 55.8 Å². The van der Waals surface area contributed by atoms with E-state index in [0.717, 1.165) is 47.9 Å². The maximum Gasteiger partial charge on any atom is 0.313 e. The number of amides is 1. The number of ether oxygens (including phenoxy) is 2. The number of methoxy groups -OCH3 is 1. The fourth-order valence-electron chi connectivity index (χ4n) is 3.43. The molecule has 144 valence electrons. The van der Waals surface area contributed by atoms with Gasteiger partial charge in [-0.1, -0.05) is 30.7 Å². The number of hydrogen-bond acceptors (Lipinski definition) is 4. The first kappa shape index (κ1) is 19.2. The fraction of sp³-hybridized carbons (Fsp3) is 0.455. The lowest BCUT2D eigenvalue weighted by atomic mass is 9.98. The molecule has 2 aromatic carbocycles. The summed E-state index contributed by atoms with van der Waals surface area (Å²) in [6.45, 7) is 3.35. The molecule has 5 nitrogen and oxygen atoms in total. The Bertz CT molecular complexity index is 817. The number of benzene rings is 2. The first-order valence-electron chi connectivity index (χ1n) is 9.60.